The minimum absolute atomic E-state index is 0. The van der Waals surface area contributed by atoms with Crippen LogP contribution in [0.4, 0.5) is 0 Å². The Bertz CT molecular complexity index is 746. The summed E-state index contributed by atoms with van der Waals surface area (Å²) < 4.78 is 11.7. The maximum absolute atomic E-state index is 12.4. The van der Waals surface area contributed by atoms with Crippen molar-refractivity contribution >= 4 is 11.9 Å². The molecule has 1 aromatic carbocycles. The summed E-state index contributed by atoms with van der Waals surface area (Å²) in [6.45, 7) is 3.06. The second-order valence-corrected chi connectivity index (χ2v) is 11.3. The van der Waals surface area contributed by atoms with Crippen LogP contribution in [0.1, 0.15) is 109 Å². The topological polar surface area (TPSA) is 52.6 Å². The van der Waals surface area contributed by atoms with Crippen LogP contribution >= 0.6 is 0 Å². The van der Waals surface area contributed by atoms with Gasteiger partial charge in [-0.1, -0.05) is 101 Å². The molecule has 6 heteroatoms. The molecule has 0 amide bonds. The van der Waals surface area contributed by atoms with Crippen LogP contribution in [0.2, 0.25) is 0 Å². The third kappa shape index (κ3) is 22.2. The second-order valence-electron chi connectivity index (χ2n) is 11.3. The van der Waals surface area contributed by atoms with Crippen molar-refractivity contribution < 1.29 is 36.0 Å². The van der Waals surface area contributed by atoms with E-state index in [1.807, 2.05) is 51.5 Å². The zero-order valence-corrected chi connectivity index (χ0v) is 25.4. The first-order chi connectivity index (χ1) is 17.8. The Morgan fingerprint density at radius 1 is 0.789 bits per heavy atom. The van der Waals surface area contributed by atoms with Gasteiger partial charge in [0, 0.05) is 6.42 Å². The van der Waals surface area contributed by atoms with E-state index in [0.717, 1.165) is 31.2 Å². The monoisotopic (exact) mass is 551 g/mol. The van der Waals surface area contributed by atoms with Crippen LogP contribution in [0, 0.1) is 0 Å². The predicted molar refractivity (Wildman–Crippen MR) is 153 cm³/mol. The Labute approximate surface area is 239 Å². The van der Waals surface area contributed by atoms with Crippen LogP contribution in [-0.2, 0) is 25.7 Å². The molecule has 0 aliphatic rings. The van der Waals surface area contributed by atoms with E-state index in [2.05, 4.69) is 19.1 Å². The molecule has 1 aromatic rings. The lowest BCUT2D eigenvalue weighted by atomic mass is 10.1. The molecule has 0 heterocycles. The third-order valence-electron chi connectivity index (χ3n) is 6.33. The number of hydrogen-bond donors (Lipinski definition) is 0. The van der Waals surface area contributed by atoms with E-state index in [4.69, 9.17) is 9.47 Å². The summed E-state index contributed by atoms with van der Waals surface area (Å²) in [7, 11) is 6.08. The summed E-state index contributed by atoms with van der Waals surface area (Å²) >= 11 is 0. The molecule has 1 rings (SSSR count). The lowest BCUT2D eigenvalue weighted by molar-refractivity contribution is -0.873. The van der Waals surface area contributed by atoms with Gasteiger partial charge < -0.3 is 26.4 Å². The molecule has 0 aliphatic heterocycles. The van der Waals surface area contributed by atoms with E-state index in [1.54, 1.807) is 0 Å². The number of esters is 2. The number of rotatable bonds is 22. The quantitative estimate of drug-likeness (QED) is 0.0900. The Hall–Kier alpha value is -1.85. The van der Waals surface area contributed by atoms with Gasteiger partial charge in [-0.05, 0) is 37.7 Å². The number of benzene rings is 1. The number of hydrogen-bond acceptors (Lipinski definition) is 4. The Kier molecular flexibility index (Phi) is 22.0. The molecule has 38 heavy (non-hydrogen) atoms. The Morgan fingerprint density at radius 3 is 1.92 bits per heavy atom. The number of ether oxygens (including phenoxy) is 2. The van der Waals surface area contributed by atoms with Gasteiger partial charge in [0.1, 0.15) is 13.2 Å². The van der Waals surface area contributed by atoms with E-state index < -0.39 is 6.10 Å². The summed E-state index contributed by atoms with van der Waals surface area (Å²) in [5, 5.41) is 0. The molecule has 5 nitrogen and oxygen atoms in total. The first kappa shape index (κ1) is 36.1. The number of carbonyl (C=O) groups is 2. The van der Waals surface area contributed by atoms with E-state index in [9.17, 15) is 9.59 Å². The minimum Gasteiger partial charge on any atom is -1.00 e. The van der Waals surface area contributed by atoms with Gasteiger partial charge in [-0.25, -0.2) is 0 Å². The number of halogens is 1. The number of nitrogens with zero attached hydrogens (tertiary/aromatic N) is 1. The smallest absolute Gasteiger partial charge is 0.310 e. The highest BCUT2D eigenvalue weighted by Gasteiger charge is 2.25. The molecule has 0 N–H and O–H groups in total. The van der Waals surface area contributed by atoms with Gasteiger partial charge in [-0.2, -0.15) is 0 Å². The molecule has 0 aliphatic carbocycles. The highest BCUT2D eigenvalue weighted by Crippen LogP contribution is 2.13. The average molecular weight is 552 g/mol. The molecule has 0 saturated heterocycles. The zero-order valence-electron chi connectivity index (χ0n) is 24.6. The summed E-state index contributed by atoms with van der Waals surface area (Å²) in [6.07, 6.45) is 20.7. The molecule has 0 aromatic heterocycles. The van der Waals surface area contributed by atoms with Crippen LogP contribution in [0.5, 0.6) is 0 Å². The highest BCUT2D eigenvalue weighted by molar-refractivity contribution is 5.72. The van der Waals surface area contributed by atoms with Gasteiger partial charge in [0.05, 0.1) is 27.6 Å². The Morgan fingerprint density at radius 2 is 1.34 bits per heavy atom. The van der Waals surface area contributed by atoms with Crippen molar-refractivity contribution in [3.63, 3.8) is 0 Å². The van der Waals surface area contributed by atoms with E-state index in [1.165, 1.54) is 57.8 Å². The van der Waals surface area contributed by atoms with Crippen LogP contribution in [0.25, 0.3) is 0 Å². The standard InChI is InChI=1S/C32H54NO4.ClH/c1-5-6-7-8-9-10-11-12-13-14-15-16-17-18-22-25-31(34)37-30(27-33(2,3)4)26-32(35)36-28-29-23-20-19-21-24-29;/h12-13,19-21,23-24,30H,5-11,14-18,22,25-28H2,1-4H3;1H/q+1;/p-1/b13-12+;/t30-;/m1./s1. The van der Waals surface area contributed by atoms with Crippen LogP contribution < -0.4 is 12.4 Å². The van der Waals surface area contributed by atoms with Crippen LogP contribution in [0.15, 0.2) is 42.5 Å². The van der Waals surface area contributed by atoms with Gasteiger partial charge in [0.2, 0.25) is 0 Å². The van der Waals surface area contributed by atoms with E-state index in [0.29, 0.717) is 17.4 Å². The molecule has 218 valence electrons. The maximum Gasteiger partial charge on any atom is 0.310 e. The number of quaternary nitrogens is 1. The molecular weight excluding hydrogens is 498 g/mol. The van der Waals surface area contributed by atoms with E-state index >= 15 is 0 Å². The summed E-state index contributed by atoms with van der Waals surface area (Å²) in [6, 6.07) is 9.60. The number of carbonyl (C=O) groups excluding carboxylic acids is 2. The zero-order chi connectivity index (χ0) is 27.2. The third-order valence-corrected chi connectivity index (χ3v) is 6.33. The van der Waals surface area contributed by atoms with Gasteiger partial charge in [0.25, 0.3) is 0 Å². The fourth-order valence-corrected chi connectivity index (χ4v) is 4.32. The average Bonchev–Trinajstić information content (AvgIpc) is 2.84. The van der Waals surface area contributed by atoms with Gasteiger partial charge in [-0.3, -0.25) is 9.59 Å². The molecule has 0 spiro atoms. The van der Waals surface area contributed by atoms with Crippen molar-refractivity contribution in [3.8, 4) is 0 Å². The fraction of sp³-hybridized carbons (Fsp3) is 0.688. The first-order valence-electron chi connectivity index (χ1n) is 14.6. The normalized spacial score (nSPS) is 12.2. The summed E-state index contributed by atoms with van der Waals surface area (Å²) in [5.41, 5.74) is 0.945. The van der Waals surface area contributed by atoms with Crippen LogP contribution in [0.3, 0.4) is 0 Å². The first-order valence-corrected chi connectivity index (χ1v) is 14.6. The largest absolute Gasteiger partial charge is 1.00 e. The second kappa shape index (κ2) is 23.1. The van der Waals surface area contributed by atoms with Crippen molar-refractivity contribution in [2.24, 2.45) is 0 Å². The molecule has 0 saturated carbocycles. The van der Waals surface area contributed by atoms with Crippen LogP contribution in [-0.4, -0.2) is 50.2 Å². The summed E-state index contributed by atoms with van der Waals surface area (Å²) in [4.78, 5) is 24.8. The van der Waals surface area contributed by atoms with Gasteiger partial charge in [0.15, 0.2) is 6.10 Å². The lowest BCUT2D eigenvalue weighted by Gasteiger charge is -2.28. The molecule has 1 atom stereocenters. The number of likely N-dealkylation sites (N-methyl/N-ethyl adjacent to an activating group) is 1. The molecule has 0 bridgehead atoms. The molecular formula is C32H54ClNO4. The number of allylic oxidation sites excluding steroid dienone is 2. The predicted octanol–water partition coefficient (Wildman–Crippen LogP) is 4.78. The van der Waals surface area contributed by atoms with Crippen molar-refractivity contribution in [2.45, 2.75) is 116 Å². The SMILES string of the molecule is CCCCCCCC/C=C/CCCCCCCC(=O)O[C@H](CC(=O)OCc1ccccc1)C[N+](C)(C)C.[Cl-]. The Balaban J connectivity index is 0.0000137. The fourth-order valence-electron chi connectivity index (χ4n) is 4.32. The highest BCUT2D eigenvalue weighted by atomic mass is 35.5. The van der Waals surface area contributed by atoms with Gasteiger partial charge >= 0.3 is 11.9 Å². The van der Waals surface area contributed by atoms with E-state index in [-0.39, 0.29) is 37.4 Å². The number of unbranched alkanes of at least 4 members (excludes halogenated alkanes) is 11. The molecule has 0 unspecified atom stereocenters. The minimum atomic E-state index is -0.473. The van der Waals surface area contributed by atoms with Crippen molar-refractivity contribution in [1.29, 1.82) is 0 Å². The maximum atomic E-state index is 12.4. The molecule has 0 radical (unpaired) electrons. The van der Waals surface area contributed by atoms with Crippen molar-refractivity contribution in [1.82, 2.24) is 0 Å². The molecule has 0 fully saturated rings. The lowest BCUT2D eigenvalue weighted by Crippen LogP contribution is -3.00. The van der Waals surface area contributed by atoms with Crippen molar-refractivity contribution in [2.75, 3.05) is 27.7 Å². The van der Waals surface area contributed by atoms with Crippen molar-refractivity contribution in [3.05, 3.63) is 48.0 Å². The van der Waals surface area contributed by atoms with Gasteiger partial charge in [-0.15, -0.1) is 0 Å². The summed E-state index contributed by atoms with van der Waals surface area (Å²) in [5.74, 6) is -0.553.